The molecule has 1 heterocycles. The highest BCUT2D eigenvalue weighted by molar-refractivity contribution is 6.05. The molecule has 0 aliphatic carbocycles. The lowest BCUT2D eigenvalue weighted by Crippen LogP contribution is -2.13. The molecule has 0 bridgehead atoms. The lowest BCUT2D eigenvalue weighted by Gasteiger charge is -2.13. The number of anilines is 1. The summed E-state index contributed by atoms with van der Waals surface area (Å²) in [4.78, 5) is 17.3. The number of pyridine rings is 1. The third-order valence-corrected chi connectivity index (χ3v) is 4.82. The van der Waals surface area contributed by atoms with Crippen LogP contribution >= 0.6 is 0 Å². The highest BCUT2D eigenvalue weighted by Crippen LogP contribution is 2.30. The van der Waals surface area contributed by atoms with Gasteiger partial charge in [0.2, 0.25) is 0 Å². The van der Waals surface area contributed by atoms with Crippen LogP contribution in [-0.4, -0.2) is 18.0 Å². The molecule has 6 heteroatoms. The van der Waals surface area contributed by atoms with E-state index in [0.29, 0.717) is 29.2 Å². The van der Waals surface area contributed by atoms with E-state index in [9.17, 15) is 9.18 Å². The highest BCUT2D eigenvalue weighted by Gasteiger charge is 2.12. The lowest BCUT2D eigenvalue weighted by molar-refractivity contribution is 0.102. The number of halogens is 1. The average molecular weight is 428 g/mol. The molecule has 1 amide bonds. The second kappa shape index (κ2) is 9.75. The fourth-order valence-corrected chi connectivity index (χ4v) is 3.24. The zero-order valence-electron chi connectivity index (χ0n) is 17.4. The van der Waals surface area contributed by atoms with Crippen molar-refractivity contribution in [1.29, 1.82) is 0 Å². The molecule has 5 nitrogen and oxygen atoms in total. The van der Waals surface area contributed by atoms with Crippen molar-refractivity contribution in [2.24, 2.45) is 0 Å². The maximum absolute atomic E-state index is 13.2. The molecule has 1 aromatic heterocycles. The summed E-state index contributed by atoms with van der Waals surface area (Å²) in [5, 5.41) is 2.88. The molecular formula is C26H21FN2O3. The van der Waals surface area contributed by atoms with Gasteiger partial charge in [0, 0.05) is 29.4 Å². The van der Waals surface area contributed by atoms with Gasteiger partial charge in [-0.15, -0.1) is 0 Å². The van der Waals surface area contributed by atoms with Crippen molar-refractivity contribution in [2.75, 3.05) is 12.4 Å². The van der Waals surface area contributed by atoms with Gasteiger partial charge < -0.3 is 14.8 Å². The predicted octanol–water partition coefficient (Wildman–Crippen LogP) is 5.86. The number of rotatable bonds is 7. The van der Waals surface area contributed by atoms with E-state index in [2.05, 4.69) is 10.3 Å². The number of hydrogen-bond acceptors (Lipinski definition) is 4. The van der Waals surface area contributed by atoms with E-state index in [-0.39, 0.29) is 11.7 Å². The van der Waals surface area contributed by atoms with E-state index in [1.807, 2.05) is 24.3 Å². The van der Waals surface area contributed by atoms with Gasteiger partial charge in [0.1, 0.15) is 17.3 Å². The van der Waals surface area contributed by atoms with Gasteiger partial charge in [-0.05, 0) is 54.6 Å². The van der Waals surface area contributed by atoms with Crippen LogP contribution in [0.3, 0.4) is 0 Å². The Bertz CT molecular complexity index is 1230. The molecule has 0 fully saturated rings. The van der Waals surface area contributed by atoms with E-state index < -0.39 is 0 Å². The lowest BCUT2D eigenvalue weighted by atomic mass is 10.1. The maximum atomic E-state index is 13.2. The van der Waals surface area contributed by atoms with Crippen molar-refractivity contribution < 1.29 is 18.7 Å². The van der Waals surface area contributed by atoms with E-state index in [1.54, 1.807) is 49.7 Å². The Morgan fingerprint density at radius 3 is 2.44 bits per heavy atom. The SMILES string of the molecule is COc1ccccc1Cc1cc(C(=O)Nc2ccccc2Oc2ccc(F)cc2)ccn1. The van der Waals surface area contributed by atoms with Crippen LogP contribution in [0.5, 0.6) is 17.2 Å². The third kappa shape index (κ3) is 5.10. The fourth-order valence-electron chi connectivity index (χ4n) is 3.24. The molecule has 0 radical (unpaired) electrons. The van der Waals surface area contributed by atoms with Crippen LogP contribution in [0, 0.1) is 5.82 Å². The topological polar surface area (TPSA) is 60.5 Å². The molecule has 0 atom stereocenters. The van der Waals surface area contributed by atoms with Crippen LogP contribution in [-0.2, 0) is 6.42 Å². The average Bonchev–Trinajstić information content (AvgIpc) is 2.82. The number of carbonyl (C=O) groups is 1. The number of para-hydroxylation sites is 3. The molecule has 1 N–H and O–H groups in total. The molecule has 3 aromatic carbocycles. The number of aromatic nitrogens is 1. The van der Waals surface area contributed by atoms with Crippen LogP contribution in [0.15, 0.2) is 91.1 Å². The van der Waals surface area contributed by atoms with Crippen LogP contribution in [0.4, 0.5) is 10.1 Å². The van der Waals surface area contributed by atoms with E-state index >= 15 is 0 Å². The summed E-state index contributed by atoms with van der Waals surface area (Å²) in [6, 6.07) is 23.9. The van der Waals surface area contributed by atoms with Crippen molar-refractivity contribution >= 4 is 11.6 Å². The molecule has 0 spiro atoms. The second-order valence-corrected chi connectivity index (χ2v) is 7.03. The van der Waals surface area contributed by atoms with Gasteiger partial charge in [0.25, 0.3) is 5.91 Å². The molecule has 32 heavy (non-hydrogen) atoms. The van der Waals surface area contributed by atoms with Crippen LogP contribution in [0.25, 0.3) is 0 Å². The Morgan fingerprint density at radius 1 is 0.938 bits per heavy atom. The minimum Gasteiger partial charge on any atom is -0.496 e. The number of methoxy groups -OCH3 is 1. The first-order valence-corrected chi connectivity index (χ1v) is 10.0. The molecule has 160 valence electrons. The summed E-state index contributed by atoms with van der Waals surface area (Å²) >= 11 is 0. The summed E-state index contributed by atoms with van der Waals surface area (Å²) < 4.78 is 24.4. The fraction of sp³-hybridized carbons (Fsp3) is 0.0769. The van der Waals surface area contributed by atoms with E-state index in [1.165, 1.54) is 24.3 Å². The van der Waals surface area contributed by atoms with Gasteiger partial charge in [0.15, 0.2) is 5.75 Å². The Kier molecular flexibility index (Phi) is 6.41. The molecule has 0 unspecified atom stereocenters. The number of amides is 1. The summed E-state index contributed by atoms with van der Waals surface area (Å²) in [6.07, 6.45) is 2.15. The zero-order valence-corrected chi connectivity index (χ0v) is 17.4. The van der Waals surface area contributed by atoms with E-state index in [0.717, 1.165) is 17.0 Å². The largest absolute Gasteiger partial charge is 0.496 e. The minimum absolute atomic E-state index is 0.288. The molecule has 0 aliphatic rings. The van der Waals surface area contributed by atoms with Crippen LogP contribution in [0.2, 0.25) is 0 Å². The number of nitrogens with zero attached hydrogens (tertiary/aromatic N) is 1. The minimum atomic E-state index is -0.347. The summed E-state index contributed by atoms with van der Waals surface area (Å²) in [6.45, 7) is 0. The number of benzene rings is 3. The summed E-state index contributed by atoms with van der Waals surface area (Å²) in [7, 11) is 1.63. The van der Waals surface area contributed by atoms with Gasteiger partial charge >= 0.3 is 0 Å². The van der Waals surface area contributed by atoms with Gasteiger partial charge in [-0.3, -0.25) is 9.78 Å². The molecular weight excluding hydrogens is 407 g/mol. The zero-order chi connectivity index (χ0) is 22.3. The van der Waals surface area contributed by atoms with Crippen molar-refractivity contribution in [1.82, 2.24) is 4.98 Å². The van der Waals surface area contributed by atoms with Crippen LogP contribution in [0.1, 0.15) is 21.6 Å². The van der Waals surface area contributed by atoms with Gasteiger partial charge in [-0.1, -0.05) is 30.3 Å². The standard InChI is InChI=1S/C26H21FN2O3/c1-31-24-8-4-2-6-18(24)16-21-17-19(14-15-28-21)26(30)29-23-7-3-5-9-25(23)32-22-12-10-20(27)11-13-22/h2-15,17H,16H2,1H3,(H,29,30). The summed E-state index contributed by atoms with van der Waals surface area (Å²) in [5.41, 5.74) is 2.71. The van der Waals surface area contributed by atoms with Gasteiger partial charge in [-0.2, -0.15) is 0 Å². The number of nitrogens with one attached hydrogen (secondary N) is 1. The second-order valence-electron chi connectivity index (χ2n) is 7.03. The Hall–Kier alpha value is -4.19. The number of ether oxygens (including phenoxy) is 2. The molecule has 0 saturated carbocycles. The predicted molar refractivity (Wildman–Crippen MR) is 121 cm³/mol. The van der Waals surface area contributed by atoms with Crippen molar-refractivity contribution in [2.45, 2.75) is 6.42 Å². The monoisotopic (exact) mass is 428 g/mol. The van der Waals surface area contributed by atoms with E-state index in [4.69, 9.17) is 9.47 Å². The van der Waals surface area contributed by atoms with Gasteiger partial charge in [-0.25, -0.2) is 4.39 Å². The van der Waals surface area contributed by atoms with Crippen molar-refractivity contribution in [3.8, 4) is 17.2 Å². The van der Waals surface area contributed by atoms with Crippen molar-refractivity contribution in [3.05, 3.63) is 114 Å². The van der Waals surface area contributed by atoms with Gasteiger partial charge in [0.05, 0.1) is 12.8 Å². The number of hydrogen-bond donors (Lipinski definition) is 1. The van der Waals surface area contributed by atoms with Crippen LogP contribution < -0.4 is 14.8 Å². The number of carbonyl (C=O) groups excluding carboxylic acids is 1. The quantitative estimate of drug-likeness (QED) is 0.400. The molecule has 4 rings (SSSR count). The van der Waals surface area contributed by atoms with Crippen molar-refractivity contribution in [3.63, 3.8) is 0 Å². The smallest absolute Gasteiger partial charge is 0.255 e. The first-order valence-electron chi connectivity index (χ1n) is 10.0. The first kappa shape index (κ1) is 21.1. The Labute approximate surface area is 185 Å². The third-order valence-electron chi connectivity index (χ3n) is 4.82. The Balaban J connectivity index is 1.51. The molecule has 0 aliphatic heterocycles. The normalized spacial score (nSPS) is 10.4. The highest BCUT2D eigenvalue weighted by atomic mass is 19.1. The first-order chi connectivity index (χ1) is 15.6. The molecule has 4 aromatic rings. The maximum Gasteiger partial charge on any atom is 0.255 e. The Morgan fingerprint density at radius 2 is 1.66 bits per heavy atom. The molecule has 0 saturated heterocycles. The summed E-state index contributed by atoms with van der Waals surface area (Å²) in [5.74, 6) is 1.06.